The van der Waals surface area contributed by atoms with Gasteiger partial charge in [0.05, 0.1) is 18.4 Å². The number of allylic oxidation sites excluding steroid dienone is 1. The summed E-state index contributed by atoms with van der Waals surface area (Å²) in [5.74, 6) is 0.779. The van der Waals surface area contributed by atoms with Crippen LogP contribution in [-0.4, -0.2) is 41.4 Å². The van der Waals surface area contributed by atoms with Crippen LogP contribution in [0, 0.1) is 5.92 Å². The summed E-state index contributed by atoms with van der Waals surface area (Å²) in [6.07, 6.45) is 7.02. The van der Waals surface area contributed by atoms with E-state index in [1.54, 1.807) is 12.3 Å². The van der Waals surface area contributed by atoms with Gasteiger partial charge < -0.3 is 10.2 Å². The first-order valence-corrected chi connectivity index (χ1v) is 8.20. The van der Waals surface area contributed by atoms with E-state index >= 15 is 0 Å². The second-order valence-electron chi connectivity index (χ2n) is 5.61. The first-order chi connectivity index (χ1) is 10.1. The molecule has 1 aliphatic heterocycles. The highest BCUT2D eigenvalue weighted by Crippen LogP contribution is 2.21. The molecule has 0 saturated carbocycles. The van der Waals surface area contributed by atoms with Gasteiger partial charge in [0.15, 0.2) is 0 Å². The smallest absolute Gasteiger partial charge is 0.283 e. The zero-order valence-electron chi connectivity index (χ0n) is 12.5. The highest BCUT2D eigenvalue weighted by molar-refractivity contribution is 9.10. The van der Waals surface area contributed by atoms with Crippen LogP contribution >= 0.6 is 15.9 Å². The van der Waals surface area contributed by atoms with Gasteiger partial charge in [-0.1, -0.05) is 6.08 Å². The maximum absolute atomic E-state index is 12.0. The third-order valence-corrected chi connectivity index (χ3v) is 4.76. The number of likely N-dealkylation sites (tertiary alicyclic amines) is 1. The standard InChI is InChI=1S/C15H23BrN4O/c1-3-8-20-15(21)14(16)13(11-18-20)17-7-4-12-5-9-19(2)10-6-12/h3,11-12,17H,1,4-10H2,2H3. The van der Waals surface area contributed by atoms with E-state index in [4.69, 9.17) is 0 Å². The number of piperidine rings is 1. The van der Waals surface area contributed by atoms with Crippen molar-refractivity contribution in [2.75, 3.05) is 32.0 Å². The van der Waals surface area contributed by atoms with Gasteiger partial charge in [0.2, 0.25) is 0 Å². The fraction of sp³-hybridized carbons (Fsp3) is 0.600. The Labute approximate surface area is 134 Å². The topological polar surface area (TPSA) is 50.2 Å². The molecule has 116 valence electrons. The van der Waals surface area contributed by atoms with E-state index < -0.39 is 0 Å². The van der Waals surface area contributed by atoms with Gasteiger partial charge in [0, 0.05) is 6.54 Å². The van der Waals surface area contributed by atoms with Crippen molar-refractivity contribution in [1.29, 1.82) is 0 Å². The summed E-state index contributed by atoms with van der Waals surface area (Å²) in [6.45, 7) is 7.30. The van der Waals surface area contributed by atoms with E-state index in [0.717, 1.165) is 24.6 Å². The summed E-state index contributed by atoms with van der Waals surface area (Å²) in [5.41, 5.74) is 0.646. The molecule has 1 fully saturated rings. The van der Waals surface area contributed by atoms with Gasteiger partial charge in [-0.05, 0) is 61.2 Å². The van der Waals surface area contributed by atoms with Crippen molar-refractivity contribution in [3.63, 3.8) is 0 Å². The van der Waals surface area contributed by atoms with Crippen LogP contribution in [0.25, 0.3) is 0 Å². The van der Waals surface area contributed by atoms with E-state index in [-0.39, 0.29) is 5.56 Å². The Morgan fingerprint density at radius 3 is 2.90 bits per heavy atom. The monoisotopic (exact) mass is 354 g/mol. The molecule has 2 rings (SSSR count). The summed E-state index contributed by atoms with van der Waals surface area (Å²) in [5, 5.41) is 7.46. The van der Waals surface area contributed by atoms with Crippen molar-refractivity contribution in [2.45, 2.75) is 25.8 Å². The van der Waals surface area contributed by atoms with Crippen LogP contribution in [-0.2, 0) is 6.54 Å². The third-order valence-electron chi connectivity index (χ3n) is 3.99. The van der Waals surface area contributed by atoms with Crippen molar-refractivity contribution in [3.8, 4) is 0 Å². The Morgan fingerprint density at radius 2 is 2.24 bits per heavy atom. The molecule has 0 bridgehead atoms. The van der Waals surface area contributed by atoms with E-state index in [1.165, 1.54) is 30.6 Å². The Balaban J connectivity index is 1.87. The van der Waals surface area contributed by atoms with Gasteiger partial charge in [-0.25, -0.2) is 4.68 Å². The first-order valence-electron chi connectivity index (χ1n) is 7.40. The number of hydrogen-bond acceptors (Lipinski definition) is 4. The molecule has 0 aliphatic carbocycles. The van der Waals surface area contributed by atoms with E-state index in [9.17, 15) is 4.79 Å². The minimum Gasteiger partial charge on any atom is -0.383 e. The number of rotatable bonds is 6. The maximum Gasteiger partial charge on any atom is 0.283 e. The minimum atomic E-state index is -0.126. The highest BCUT2D eigenvalue weighted by Gasteiger charge is 2.16. The van der Waals surface area contributed by atoms with Crippen molar-refractivity contribution in [2.24, 2.45) is 5.92 Å². The molecule has 0 aromatic carbocycles. The fourth-order valence-corrected chi connectivity index (χ4v) is 3.05. The van der Waals surface area contributed by atoms with E-state index in [1.807, 2.05) is 0 Å². The number of halogens is 1. The third kappa shape index (κ3) is 4.41. The predicted molar refractivity (Wildman–Crippen MR) is 89.7 cm³/mol. The van der Waals surface area contributed by atoms with Crippen LogP contribution in [0.15, 0.2) is 28.1 Å². The largest absolute Gasteiger partial charge is 0.383 e. The number of aromatic nitrogens is 2. The summed E-state index contributed by atoms with van der Waals surface area (Å²) in [7, 11) is 2.18. The molecule has 1 aromatic rings. The van der Waals surface area contributed by atoms with Gasteiger partial charge in [-0.2, -0.15) is 5.10 Å². The van der Waals surface area contributed by atoms with Gasteiger partial charge in [-0.15, -0.1) is 6.58 Å². The number of nitrogens with zero attached hydrogens (tertiary/aromatic N) is 3. The highest BCUT2D eigenvalue weighted by atomic mass is 79.9. The Bertz CT molecular complexity index is 535. The molecule has 0 radical (unpaired) electrons. The quantitative estimate of drug-likeness (QED) is 0.796. The number of hydrogen-bond donors (Lipinski definition) is 1. The second-order valence-corrected chi connectivity index (χ2v) is 6.40. The minimum absolute atomic E-state index is 0.126. The molecule has 21 heavy (non-hydrogen) atoms. The maximum atomic E-state index is 12.0. The number of nitrogens with one attached hydrogen (secondary N) is 1. The van der Waals surface area contributed by atoms with Gasteiger partial charge in [0.25, 0.3) is 5.56 Å². The molecule has 0 amide bonds. The molecule has 5 nitrogen and oxygen atoms in total. The van der Waals surface area contributed by atoms with Crippen LogP contribution in [0.2, 0.25) is 0 Å². The van der Waals surface area contributed by atoms with E-state index in [2.05, 4.69) is 44.9 Å². The summed E-state index contributed by atoms with van der Waals surface area (Å²) >= 11 is 3.36. The zero-order valence-corrected chi connectivity index (χ0v) is 14.1. The first kappa shape index (κ1) is 16.2. The van der Waals surface area contributed by atoms with E-state index in [0.29, 0.717) is 11.0 Å². The molecule has 6 heteroatoms. The average molecular weight is 355 g/mol. The lowest BCUT2D eigenvalue weighted by Gasteiger charge is -2.29. The lowest BCUT2D eigenvalue weighted by atomic mass is 9.94. The van der Waals surface area contributed by atoms with Crippen LogP contribution in [0.1, 0.15) is 19.3 Å². The van der Waals surface area contributed by atoms with Crippen LogP contribution in [0.3, 0.4) is 0 Å². The molecule has 1 aliphatic rings. The fourth-order valence-electron chi connectivity index (χ4n) is 2.60. The van der Waals surface area contributed by atoms with Crippen molar-refractivity contribution in [1.82, 2.24) is 14.7 Å². The Morgan fingerprint density at radius 1 is 1.52 bits per heavy atom. The molecular formula is C15H23BrN4O. The van der Waals surface area contributed by atoms with Crippen LogP contribution < -0.4 is 10.9 Å². The number of anilines is 1. The van der Waals surface area contributed by atoms with Crippen molar-refractivity contribution < 1.29 is 0 Å². The molecular weight excluding hydrogens is 332 g/mol. The zero-order chi connectivity index (χ0) is 15.2. The molecule has 1 N–H and O–H groups in total. The predicted octanol–water partition coefficient (Wildman–Crippen LogP) is 2.34. The molecule has 2 heterocycles. The molecule has 0 unspecified atom stereocenters. The molecule has 1 aromatic heterocycles. The summed E-state index contributed by atoms with van der Waals surface area (Å²) in [6, 6.07) is 0. The average Bonchev–Trinajstić information content (AvgIpc) is 2.48. The molecule has 0 atom stereocenters. The summed E-state index contributed by atoms with van der Waals surface area (Å²) in [4.78, 5) is 14.4. The van der Waals surface area contributed by atoms with Crippen LogP contribution in [0.5, 0.6) is 0 Å². The van der Waals surface area contributed by atoms with Crippen LogP contribution in [0.4, 0.5) is 5.69 Å². The van der Waals surface area contributed by atoms with Crippen molar-refractivity contribution >= 4 is 21.6 Å². The second kappa shape index (κ2) is 7.75. The Kier molecular flexibility index (Phi) is 5.99. The van der Waals surface area contributed by atoms with Gasteiger partial charge >= 0.3 is 0 Å². The lowest BCUT2D eigenvalue weighted by molar-refractivity contribution is 0.215. The normalized spacial score (nSPS) is 16.9. The Hall–Kier alpha value is -1.14. The van der Waals surface area contributed by atoms with Crippen molar-refractivity contribution in [3.05, 3.63) is 33.7 Å². The SMILES string of the molecule is C=CCn1ncc(NCCC2CCN(C)CC2)c(Br)c1=O. The molecule has 1 saturated heterocycles. The summed E-state index contributed by atoms with van der Waals surface area (Å²) < 4.78 is 1.93. The van der Waals surface area contributed by atoms with Gasteiger partial charge in [0.1, 0.15) is 4.47 Å². The lowest BCUT2D eigenvalue weighted by Crippen LogP contribution is -2.31. The van der Waals surface area contributed by atoms with Gasteiger partial charge in [-0.3, -0.25) is 4.79 Å². The molecule has 0 spiro atoms.